The summed E-state index contributed by atoms with van der Waals surface area (Å²) >= 11 is 9.45. The van der Waals surface area contributed by atoms with Crippen LogP contribution in [0.3, 0.4) is 0 Å². The predicted octanol–water partition coefficient (Wildman–Crippen LogP) is 5.10. The van der Waals surface area contributed by atoms with Crippen molar-refractivity contribution in [3.05, 3.63) is 34.4 Å². The van der Waals surface area contributed by atoms with E-state index >= 15 is 0 Å². The molecule has 0 heterocycles. The fourth-order valence-electron chi connectivity index (χ4n) is 1.97. The third-order valence-corrected chi connectivity index (χ3v) is 4.74. The van der Waals surface area contributed by atoms with E-state index in [1.165, 1.54) is 6.07 Å². The van der Waals surface area contributed by atoms with Crippen molar-refractivity contribution in [2.24, 2.45) is 11.3 Å². The van der Waals surface area contributed by atoms with Gasteiger partial charge in [0.05, 0.1) is 0 Å². The van der Waals surface area contributed by atoms with Crippen molar-refractivity contribution >= 4 is 27.5 Å². The Balaban J connectivity index is 2.31. The van der Waals surface area contributed by atoms with Gasteiger partial charge in [0.2, 0.25) is 0 Å². The average molecular weight is 310 g/mol. The van der Waals surface area contributed by atoms with Crippen molar-refractivity contribution < 1.29 is 8.78 Å². The number of benzene rings is 1. The van der Waals surface area contributed by atoms with E-state index < -0.39 is 11.6 Å². The third kappa shape index (κ3) is 2.12. The summed E-state index contributed by atoms with van der Waals surface area (Å²) in [5, 5.41) is 0.281. The topological polar surface area (TPSA) is 0 Å². The van der Waals surface area contributed by atoms with Crippen LogP contribution in [0.4, 0.5) is 8.78 Å². The van der Waals surface area contributed by atoms with E-state index in [-0.39, 0.29) is 15.3 Å². The molecule has 0 spiro atoms. The monoisotopic (exact) mass is 308 g/mol. The normalized spacial score (nSPS) is 24.2. The van der Waals surface area contributed by atoms with Crippen molar-refractivity contribution in [3.63, 3.8) is 0 Å². The maximum Gasteiger partial charge on any atom is 0.160 e. The van der Waals surface area contributed by atoms with Crippen molar-refractivity contribution in [2.45, 2.75) is 25.1 Å². The van der Waals surface area contributed by atoms with E-state index in [9.17, 15) is 8.78 Å². The largest absolute Gasteiger partial charge is 0.204 e. The molecule has 2 rings (SSSR count). The Kier molecular flexibility index (Phi) is 3.04. The lowest BCUT2D eigenvalue weighted by Crippen LogP contribution is -2.01. The van der Waals surface area contributed by atoms with Crippen LogP contribution in [-0.2, 0) is 0 Å². The summed E-state index contributed by atoms with van der Waals surface area (Å²) in [6.45, 7) is 4.30. The zero-order chi connectivity index (χ0) is 12.1. The van der Waals surface area contributed by atoms with Gasteiger partial charge in [0, 0.05) is 9.85 Å². The zero-order valence-electron chi connectivity index (χ0n) is 9.03. The number of halogens is 4. The molecule has 0 nitrogen and oxygen atoms in total. The molecule has 0 saturated heterocycles. The Bertz CT molecular complexity index is 431. The maximum atomic E-state index is 13.1. The summed E-state index contributed by atoms with van der Waals surface area (Å²) in [7, 11) is 0. The van der Waals surface area contributed by atoms with Gasteiger partial charge < -0.3 is 0 Å². The summed E-state index contributed by atoms with van der Waals surface area (Å²) < 4.78 is 26.1. The van der Waals surface area contributed by atoms with Gasteiger partial charge in [0.1, 0.15) is 0 Å². The van der Waals surface area contributed by atoms with Gasteiger partial charge in [-0.15, -0.1) is 0 Å². The minimum absolute atomic E-state index is 0.00917. The summed E-state index contributed by atoms with van der Waals surface area (Å²) in [4.78, 5) is -0.00917. The quantitative estimate of drug-likeness (QED) is 0.526. The second-order valence-electron chi connectivity index (χ2n) is 4.99. The maximum absolute atomic E-state index is 13.1. The van der Waals surface area contributed by atoms with Gasteiger partial charge in [-0.3, -0.25) is 0 Å². The average Bonchev–Trinajstić information content (AvgIpc) is 2.80. The Labute approximate surface area is 107 Å². The molecular formula is C12H12BrClF2. The van der Waals surface area contributed by atoms with E-state index in [0.717, 1.165) is 12.5 Å². The molecule has 0 radical (unpaired) electrons. The Morgan fingerprint density at radius 3 is 2.38 bits per heavy atom. The van der Waals surface area contributed by atoms with Gasteiger partial charge in [-0.25, -0.2) is 8.78 Å². The van der Waals surface area contributed by atoms with Crippen molar-refractivity contribution in [2.75, 3.05) is 0 Å². The minimum Gasteiger partial charge on any atom is -0.204 e. The standard InChI is InChI=1S/C12H12BrClF2/c1-12(2)5-7(12)11(13)6-3-9(15)10(16)4-8(6)14/h3-4,7,11H,5H2,1-2H3. The smallest absolute Gasteiger partial charge is 0.160 e. The molecule has 0 N–H and O–H groups in total. The van der Waals surface area contributed by atoms with E-state index in [1.54, 1.807) is 0 Å². The van der Waals surface area contributed by atoms with Crippen LogP contribution in [0.1, 0.15) is 30.7 Å². The SMILES string of the molecule is CC1(C)CC1C(Br)c1cc(F)c(F)cc1Cl. The van der Waals surface area contributed by atoms with Crippen LogP contribution in [0.15, 0.2) is 12.1 Å². The van der Waals surface area contributed by atoms with Crippen LogP contribution >= 0.6 is 27.5 Å². The second-order valence-corrected chi connectivity index (χ2v) is 6.38. The van der Waals surface area contributed by atoms with E-state index in [0.29, 0.717) is 11.5 Å². The highest BCUT2D eigenvalue weighted by molar-refractivity contribution is 9.09. The predicted molar refractivity (Wildman–Crippen MR) is 64.9 cm³/mol. The molecule has 1 aliphatic rings. The molecule has 0 aromatic heterocycles. The highest BCUT2D eigenvalue weighted by Crippen LogP contribution is 2.61. The fraction of sp³-hybridized carbons (Fsp3) is 0.500. The molecule has 1 fully saturated rings. The first-order chi connectivity index (χ1) is 7.33. The number of hydrogen-bond donors (Lipinski definition) is 0. The molecular weight excluding hydrogens is 297 g/mol. The van der Waals surface area contributed by atoms with E-state index in [1.807, 2.05) is 0 Å². The molecule has 0 aliphatic heterocycles. The minimum atomic E-state index is -0.900. The van der Waals surface area contributed by atoms with Crippen LogP contribution < -0.4 is 0 Å². The molecule has 88 valence electrons. The van der Waals surface area contributed by atoms with Crippen LogP contribution in [-0.4, -0.2) is 0 Å². The molecule has 2 unspecified atom stereocenters. The summed E-state index contributed by atoms with van der Waals surface area (Å²) in [5.41, 5.74) is 0.888. The molecule has 2 atom stereocenters. The lowest BCUT2D eigenvalue weighted by atomic mass is 10.0. The summed E-state index contributed by atoms with van der Waals surface area (Å²) in [5.74, 6) is -1.32. The van der Waals surface area contributed by atoms with E-state index in [2.05, 4.69) is 29.8 Å². The molecule has 1 aromatic rings. The molecule has 0 amide bonds. The lowest BCUT2D eigenvalue weighted by Gasteiger charge is -2.14. The van der Waals surface area contributed by atoms with Gasteiger partial charge in [-0.1, -0.05) is 41.4 Å². The number of rotatable bonds is 2. The van der Waals surface area contributed by atoms with Gasteiger partial charge >= 0.3 is 0 Å². The molecule has 0 bridgehead atoms. The highest BCUT2D eigenvalue weighted by atomic mass is 79.9. The highest BCUT2D eigenvalue weighted by Gasteiger charge is 2.50. The van der Waals surface area contributed by atoms with Gasteiger partial charge in [-0.05, 0) is 35.4 Å². The molecule has 1 saturated carbocycles. The third-order valence-electron chi connectivity index (χ3n) is 3.28. The van der Waals surface area contributed by atoms with Gasteiger partial charge in [0.15, 0.2) is 11.6 Å². The fourth-order valence-corrected chi connectivity index (χ4v) is 3.65. The second kappa shape index (κ2) is 3.95. The number of alkyl halides is 1. The van der Waals surface area contributed by atoms with Gasteiger partial charge in [0.25, 0.3) is 0 Å². The molecule has 1 aliphatic carbocycles. The van der Waals surface area contributed by atoms with E-state index in [4.69, 9.17) is 11.6 Å². The van der Waals surface area contributed by atoms with Crippen LogP contribution in [0.2, 0.25) is 5.02 Å². The van der Waals surface area contributed by atoms with Crippen molar-refractivity contribution in [1.29, 1.82) is 0 Å². The molecule has 1 aromatic carbocycles. The van der Waals surface area contributed by atoms with Crippen LogP contribution in [0.25, 0.3) is 0 Å². The molecule has 16 heavy (non-hydrogen) atoms. The zero-order valence-corrected chi connectivity index (χ0v) is 11.4. The van der Waals surface area contributed by atoms with Crippen molar-refractivity contribution in [1.82, 2.24) is 0 Å². The Morgan fingerprint density at radius 1 is 1.38 bits per heavy atom. The van der Waals surface area contributed by atoms with Crippen LogP contribution in [0.5, 0.6) is 0 Å². The first kappa shape index (κ1) is 12.3. The summed E-state index contributed by atoms with van der Waals surface area (Å²) in [6.07, 6.45) is 1.07. The first-order valence-corrected chi connectivity index (χ1v) is 6.41. The lowest BCUT2D eigenvalue weighted by molar-refractivity contribution is 0.504. The Morgan fingerprint density at radius 2 is 1.88 bits per heavy atom. The first-order valence-electron chi connectivity index (χ1n) is 5.11. The Hall–Kier alpha value is -0.150. The number of hydrogen-bond acceptors (Lipinski definition) is 0. The van der Waals surface area contributed by atoms with Crippen LogP contribution in [0, 0.1) is 23.0 Å². The molecule has 4 heteroatoms. The van der Waals surface area contributed by atoms with Crippen molar-refractivity contribution in [3.8, 4) is 0 Å². The summed E-state index contributed by atoms with van der Waals surface area (Å²) in [6, 6.07) is 2.22. The van der Waals surface area contributed by atoms with Gasteiger partial charge in [-0.2, -0.15) is 0 Å².